The van der Waals surface area contributed by atoms with E-state index in [1.165, 1.54) is 10.9 Å². The number of benzene rings is 1. The van der Waals surface area contributed by atoms with Gasteiger partial charge in [-0.05, 0) is 24.6 Å². The second-order valence-electron chi connectivity index (χ2n) is 5.94. The average Bonchev–Trinajstić information content (AvgIpc) is 3.21. The summed E-state index contributed by atoms with van der Waals surface area (Å²) in [6, 6.07) is 9.15. The van der Waals surface area contributed by atoms with Crippen molar-refractivity contribution in [1.29, 1.82) is 0 Å². The Morgan fingerprint density at radius 1 is 1.22 bits per heavy atom. The van der Waals surface area contributed by atoms with Crippen molar-refractivity contribution in [2.75, 3.05) is 5.32 Å². The Morgan fingerprint density at radius 3 is 2.63 bits per heavy atom. The monoisotopic (exact) mass is 388 g/mol. The van der Waals surface area contributed by atoms with Crippen LogP contribution in [-0.2, 0) is 17.9 Å². The fourth-order valence-corrected chi connectivity index (χ4v) is 2.64. The average molecular weight is 389 g/mol. The Kier molecular flexibility index (Phi) is 5.51. The molecule has 0 aliphatic carbocycles. The molecule has 10 heteroatoms. The van der Waals surface area contributed by atoms with Crippen LogP contribution in [0.1, 0.15) is 17.7 Å². The van der Waals surface area contributed by atoms with Gasteiger partial charge in [0.25, 0.3) is 0 Å². The fraction of sp³-hybridized carbons (Fsp3) is 0.235. The lowest BCUT2D eigenvalue weighted by Crippen LogP contribution is -2.15. The Morgan fingerprint density at radius 2 is 1.96 bits per heavy atom. The number of nitrogens with one attached hydrogen (secondary N) is 1. The van der Waals surface area contributed by atoms with Gasteiger partial charge in [0.05, 0.1) is 11.5 Å². The van der Waals surface area contributed by atoms with E-state index < -0.39 is 4.92 Å². The van der Waals surface area contributed by atoms with Crippen molar-refractivity contribution in [3.05, 3.63) is 69.1 Å². The summed E-state index contributed by atoms with van der Waals surface area (Å²) in [4.78, 5) is 22.4. The number of hydrogen-bond acceptors (Lipinski definition) is 5. The lowest BCUT2D eigenvalue weighted by Gasteiger charge is -2.04. The first-order chi connectivity index (χ1) is 12.9. The van der Waals surface area contributed by atoms with E-state index in [2.05, 4.69) is 15.5 Å². The lowest BCUT2D eigenvalue weighted by molar-refractivity contribution is -0.385. The number of carbonyl (C=O) groups excluding carboxylic acids is 1. The van der Waals surface area contributed by atoms with Crippen molar-refractivity contribution in [3.63, 3.8) is 0 Å². The highest BCUT2D eigenvalue weighted by atomic mass is 35.5. The molecule has 27 heavy (non-hydrogen) atoms. The number of carbonyl (C=O) groups is 1. The zero-order valence-corrected chi connectivity index (χ0v) is 15.3. The zero-order chi connectivity index (χ0) is 19.4. The number of aromatic nitrogens is 4. The van der Waals surface area contributed by atoms with Crippen molar-refractivity contribution < 1.29 is 9.72 Å². The highest BCUT2D eigenvalue weighted by Gasteiger charge is 2.15. The second-order valence-corrected chi connectivity index (χ2v) is 6.38. The van der Waals surface area contributed by atoms with Crippen molar-refractivity contribution in [1.82, 2.24) is 19.6 Å². The van der Waals surface area contributed by atoms with E-state index in [-0.39, 0.29) is 24.6 Å². The quantitative estimate of drug-likeness (QED) is 0.494. The Balaban J connectivity index is 1.52. The summed E-state index contributed by atoms with van der Waals surface area (Å²) in [7, 11) is 0. The van der Waals surface area contributed by atoms with Gasteiger partial charge in [-0.1, -0.05) is 23.7 Å². The molecule has 2 heterocycles. The highest BCUT2D eigenvalue weighted by molar-refractivity contribution is 6.30. The molecular weight excluding hydrogens is 372 g/mol. The molecule has 0 radical (unpaired) electrons. The van der Waals surface area contributed by atoms with Crippen LogP contribution >= 0.6 is 11.6 Å². The van der Waals surface area contributed by atoms with Gasteiger partial charge in [-0.2, -0.15) is 10.2 Å². The number of amides is 1. The van der Waals surface area contributed by atoms with Gasteiger partial charge in [0, 0.05) is 30.3 Å². The maximum atomic E-state index is 12.1. The predicted molar refractivity (Wildman–Crippen MR) is 99.6 cm³/mol. The summed E-state index contributed by atoms with van der Waals surface area (Å²) < 4.78 is 3.10. The molecule has 0 atom stereocenters. The van der Waals surface area contributed by atoms with Crippen molar-refractivity contribution in [2.24, 2.45) is 0 Å². The summed E-state index contributed by atoms with van der Waals surface area (Å²) >= 11 is 5.87. The number of nitro groups is 1. The molecule has 9 nitrogen and oxygen atoms in total. The Labute approximate surface area is 159 Å². The topological polar surface area (TPSA) is 108 Å². The molecule has 0 fully saturated rings. The smallest absolute Gasteiger partial charge is 0.309 e. The minimum atomic E-state index is -0.494. The molecule has 1 N–H and O–H groups in total. The number of anilines is 1. The maximum absolute atomic E-state index is 12.1. The van der Waals surface area contributed by atoms with E-state index in [0.717, 1.165) is 5.56 Å². The lowest BCUT2D eigenvalue weighted by atomic mass is 10.2. The number of hydrogen-bond donors (Lipinski definition) is 1. The van der Waals surface area contributed by atoms with Gasteiger partial charge < -0.3 is 5.32 Å². The van der Waals surface area contributed by atoms with E-state index in [1.807, 2.05) is 24.3 Å². The molecule has 0 saturated heterocycles. The minimum absolute atomic E-state index is 0.0589. The van der Waals surface area contributed by atoms with E-state index in [0.29, 0.717) is 23.1 Å². The minimum Gasteiger partial charge on any atom is -0.309 e. The number of aryl methyl sites for hydroxylation is 2. The molecule has 0 aliphatic rings. The van der Waals surface area contributed by atoms with Crippen LogP contribution in [0.3, 0.4) is 0 Å². The fourth-order valence-electron chi connectivity index (χ4n) is 2.52. The molecule has 0 bridgehead atoms. The van der Waals surface area contributed by atoms with Gasteiger partial charge in [-0.3, -0.25) is 24.3 Å². The molecule has 140 valence electrons. The molecular formula is C17H17ClN6O3. The Bertz CT molecular complexity index is 963. The number of halogens is 1. The first-order valence-electron chi connectivity index (χ1n) is 8.17. The summed E-state index contributed by atoms with van der Waals surface area (Å²) in [5.74, 6) is 0.194. The maximum Gasteiger partial charge on any atom is 0.309 e. The van der Waals surface area contributed by atoms with E-state index in [4.69, 9.17) is 11.6 Å². The van der Waals surface area contributed by atoms with Crippen LogP contribution in [0.2, 0.25) is 5.02 Å². The molecule has 1 aromatic carbocycles. The molecule has 0 aliphatic heterocycles. The third-order valence-electron chi connectivity index (χ3n) is 3.85. The van der Waals surface area contributed by atoms with Crippen LogP contribution in [-0.4, -0.2) is 30.4 Å². The van der Waals surface area contributed by atoms with Crippen LogP contribution in [0.4, 0.5) is 11.5 Å². The molecule has 2 aromatic heterocycles. The molecule has 0 saturated carbocycles. The van der Waals surface area contributed by atoms with Crippen LogP contribution in [0.25, 0.3) is 0 Å². The Hall–Kier alpha value is -3.20. The first-order valence-corrected chi connectivity index (χ1v) is 8.55. The van der Waals surface area contributed by atoms with E-state index in [1.54, 1.807) is 23.9 Å². The van der Waals surface area contributed by atoms with Crippen molar-refractivity contribution in [3.8, 4) is 0 Å². The molecule has 1 amide bonds. The summed E-state index contributed by atoms with van der Waals surface area (Å²) in [6.07, 6.45) is 3.22. The van der Waals surface area contributed by atoms with Crippen LogP contribution in [0.5, 0.6) is 0 Å². The van der Waals surface area contributed by atoms with Crippen LogP contribution in [0.15, 0.2) is 42.7 Å². The molecule has 0 spiro atoms. The predicted octanol–water partition coefficient (Wildman–Crippen LogP) is 3.03. The van der Waals surface area contributed by atoms with E-state index >= 15 is 0 Å². The number of rotatable bonds is 7. The summed E-state index contributed by atoms with van der Waals surface area (Å²) in [5.41, 5.74) is 1.30. The van der Waals surface area contributed by atoms with Crippen molar-refractivity contribution >= 4 is 29.0 Å². The van der Waals surface area contributed by atoms with Crippen LogP contribution in [0, 0.1) is 17.0 Å². The highest BCUT2D eigenvalue weighted by Crippen LogP contribution is 2.15. The van der Waals surface area contributed by atoms with Gasteiger partial charge >= 0.3 is 5.69 Å². The van der Waals surface area contributed by atoms with Gasteiger partial charge in [0.1, 0.15) is 11.9 Å². The van der Waals surface area contributed by atoms with Gasteiger partial charge in [-0.25, -0.2) is 0 Å². The number of nitrogens with zero attached hydrogens (tertiary/aromatic N) is 5. The van der Waals surface area contributed by atoms with Crippen LogP contribution < -0.4 is 5.32 Å². The molecule has 3 rings (SSSR count). The van der Waals surface area contributed by atoms with E-state index in [9.17, 15) is 14.9 Å². The zero-order valence-electron chi connectivity index (χ0n) is 14.5. The standard InChI is InChI=1S/C17H17ClN6O3/c1-12-15(24(26)27)11-23(20-12)9-7-17(25)19-16-6-8-22(21-16)10-13-2-4-14(18)5-3-13/h2-6,8,11H,7,9-10H2,1H3,(H,19,21,25). The van der Waals surface area contributed by atoms with Gasteiger partial charge in [0.15, 0.2) is 5.82 Å². The third kappa shape index (κ3) is 4.91. The third-order valence-corrected chi connectivity index (χ3v) is 4.10. The normalized spacial score (nSPS) is 10.7. The van der Waals surface area contributed by atoms with Crippen molar-refractivity contribution in [2.45, 2.75) is 26.4 Å². The van der Waals surface area contributed by atoms with Gasteiger partial charge in [-0.15, -0.1) is 0 Å². The summed E-state index contributed by atoms with van der Waals surface area (Å²) in [5, 5.41) is 22.5. The second kappa shape index (κ2) is 8.00. The van der Waals surface area contributed by atoms with Gasteiger partial charge in [0.2, 0.25) is 5.91 Å². The molecule has 0 unspecified atom stereocenters. The largest absolute Gasteiger partial charge is 0.309 e. The first kappa shape index (κ1) is 18.6. The molecule has 3 aromatic rings. The SMILES string of the molecule is Cc1nn(CCC(=O)Nc2ccn(Cc3ccc(Cl)cc3)n2)cc1[N+](=O)[O-]. The summed E-state index contributed by atoms with van der Waals surface area (Å²) in [6.45, 7) is 2.36.